The minimum absolute atomic E-state index is 0.00938. The standard InChI is InChI=1S/C20H27NO5/c1-5-6-18(21)14(2)11-12-26-20(23)17(19(22)25-4)13-15-7-9-16(24-3)10-8-15/h7-14,18H,5-6,21H2,1-4H3/b12-11-,17-13+. The van der Waals surface area contributed by atoms with E-state index < -0.39 is 11.9 Å². The van der Waals surface area contributed by atoms with Gasteiger partial charge in [-0.1, -0.05) is 32.4 Å². The van der Waals surface area contributed by atoms with E-state index in [1.54, 1.807) is 37.5 Å². The van der Waals surface area contributed by atoms with Crippen molar-refractivity contribution < 1.29 is 23.8 Å². The van der Waals surface area contributed by atoms with Gasteiger partial charge in [-0.3, -0.25) is 0 Å². The molecule has 0 amide bonds. The van der Waals surface area contributed by atoms with Crippen molar-refractivity contribution in [2.75, 3.05) is 14.2 Å². The molecule has 0 saturated heterocycles. The lowest BCUT2D eigenvalue weighted by Gasteiger charge is -2.14. The molecule has 0 aliphatic heterocycles. The fourth-order valence-electron chi connectivity index (χ4n) is 2.21. The molecule has 0 saturated carbocycles. The largest absolute Gasteiger partial charge is 0.497 e. The Morgan fingerprint density at radius 2 is 1.81 bits per heavy atom. The molecule has 2 unspecified atom stereocenters. The fourth-order valence-corrected chi connectivity index (χ4v) is 2.21. The van der Waals surface area contributed by atoms with Crippen LogP contribution in [0.5, 0.6) is 5.75 Å². The molecule has 2 N–H and O–H groups in total. The van der Waals surface area contributed by atoms with E-state index in [2.05, 4.69) is 11.7 Å². The van der Waals surface area contributed by atoms with Gasteiger partial charge in [-0.15, -0.1) is 0 Å². The molecule has 0 aliphatic carbocycles. The lowest BCUT2D eigenvalue weighted by atomic mass is 9.99. The van der Waals surface area contributed by atoms with Gasteiger partial charge in [0.1, 0.15) is 11.3 Å². The van der Waals surface area contributed by atoms with Crippen LogP contribution < -0.4 is 10.5 Å². The Labute approximate surface area is 154 Å². The highest BCUT2D eigenvalue weighted by Gasteiger charge is 2.20. The fraction of sp³-hybridized carbons (Fsp3) is 0.400. The molecule has 1 rings (SSSR count). The van der Waals surface area contributed by atoms with Crippen molar-refractivity contribution in [3.05, 3.63) is 47.7 Å². The zero-order valence-electron chi connectivity index (χ0n) is 15.7. The smallest absolute Gasteiger partial charge is 0.350 e. The van der Waals surface area contributed by atoms with Gasteiger partial charge in [0.15, 0.2) is 0 Å². The quantitative estimate of drug-likeness (QED) is 0.239. The minimum atomic E-state index is -0.791. The summed E-state index contributed by atoms with van der Waals surface area (Å²) in [5, 5.41) is 0. The first-order valence-electron chi connectivity index (χ1n) is 8.50. The van der Waals surface area contributed by atoms with Crippen molar-refractivity contribution in [2.45, 2.75) is 32.7 Å². The Morgan fingerprint density at radius 3 is 2.35 bits per heavy atom. The number of carbonyl (C=O) groups excluding carboxylic acids is 2. The number of hydrogen-bond acceptors (Lipinski definition) is 6. The molecule has 26 heavy (non-hydrogen) atoms. The summed E-state index contributed by atoms with van der Waals surface area (Å²) in [5.41, 5.74) is 6.46. The molecule has 6 heteroatoms. The molecular formula is C20H27NO5. The topological polar surface area (TPSA) is 87.9 Å². The van der Waals surface area contributed by atoms with Crippen LogP contribution in [0.15, 0.2) is 42.2 Å². The first kappa shape index (κ1) is 21.4. The van der Waals surface area contributed by atoms with Crippen molar-refractivity contribution in [3.8, 4) is 5.75 Å². The number of esters is 2. The van der Waals surface area contributed by atoms with E-state index in [1.807, 2.05) is 6.92 Å². The van der Waals surface area contributed by atoms with Crippen LogP contribution in [0.1, 0.15) is 32.3 Å². The highest BCUT2D eigenvalue weighted by Crippen LogP contribution is 2.16. The molecule has 1 aromatic rings. The minimum Gasteiger partial charge on any atom is -0.497 e. The maximum absolute atomic E-state index is 12.2. The van der Waals surface area contributed by atoms with E-state index >= 15 is 0 Å². The van der Waals surface area contributed by atoms with Gasteiger partial charge < -0.3 is 19.9 Å². The monoisotopic (exact) mass is 361 g/mol. The molecular weight excluding hydrogens is 334 g/mol. The predicted molar refractivity (Wildman–Crippen MR) is 100 cm³/mol. The summed E-state index contributed by atoms with van der Waals surface area (Å²) in [7, 11) is 2.76. The number of hydrogen-bond donors (Lipinski definition) is 1. The molecule has 142 valence electrons. The summed E-state index contributed by atoms with van der Waals surface area (Å²) < 4.78 is 14.8. The Hall–Kier alpha value is -2.60. The highest BCUT2D eigenvalue weighted by molar-refractivity contribution is 6.17. The summed E-state index contributed by atoms with van der Waals surface area (Å²) in [6.45, 7) is 4.00. The maximum Gasteiger partial charge on any atom is 0.350 e. The number of carbonyl (C=O) groups is 2. The van der Waals surface area contributed by atoms with Crippen LogP contribution in [0.3, 0.4) is 0 Å². The number of rotatable bonds is 9. The molecule has 6 nitrogen and oxygen atoms in total. The number of benzene rings is 1. The zero-order valence-corrected chi connectivity index (χ0v) is 15.7. The van der Waals surface area contributed by atoms with E-state index in [9.17, 15) is 9.59 Å². The molecule has 0 fully saturated rings. The molecule has 1 aromatic carbocycles. The molecule has 0 heterocycles. The van der Waals surface area contributed by atoms with Crippen LogP contribution in [-0.4, -0.2) is 32.2 Å². The first-order valence-corrected chi connectivity index (χ1v) is 8.50. The number of ether oxygens (including phenoxy) is 3. The van der Waals surface area contributed by atoms with Gasteiger partial charge in [-0.25, -0.2) is 9.59 Å². The van der Waals surface area contributed by atoms with Gasteiger partial charge in [0.2, 0.25) is 0 Å². The highest BCUT2D eigenvalue weighted by atomic mass is 16.5. The number of nitrogens with two attached hydrogens (primary N) is 1. The summed E-state index contributed by atoms with van der Waals surface area (Å²) in [6, 6.07) is 6.88. The maximum atomic E-state index is 12.2. The van der Waals surface area contributed by atoms with Gasteiger partial charge in [-0.2, -0.15) is 0 Å². The Balaban J connectivity index is 2.86. The van der Waals surface area contributed by atoms with E-state index in [0.717, 1.165) is 12.8 Å². The molecule has 0 radical (unpaired) electrons. The van der Waals surface area contributed by atoms with Crippen molar-refractivity contribution in [1.29, 1.82) is 0 Å². The second kappa shape index (κ2) is 11.1. The molecule has 0 aromatic heterocycles. The molecule has 0 aliphatic rings. The van der Waals surface area contributed by atoms with Crippen LogP contribution in [0.4, 0.5) is 0 Å². The Kier molecular flexibility index (Phi) is 9.15. The Morgan fingerprint density at radius 1 is 1.15 bits per heavy atom. The second-order valence-corrected chi connectivity index (χ2v) is 5.87. The third-order valence-electron chi connectivity index (χ3n) is 3.91. The molecule has 2 atom stereocenters. The van der Waals surface area contributed by atoms with Crippen LogP contribution in [0.2, 0.25) is 0 Å². The lowest BCUT2D eigenvalue weighted by molar-refractivity contribution is -0.142. The van der Waals surface area contributed by atoms with Crippen molar-refractivity contribution in [1.82, 2.24) is 0 Å². The van der Waals surface area contributed by atoms with Crippen molar-refractivity contribution >= 4 is 18.0 Å². The van der Waals surface area contributed by atoms with Gasteiger partial charge in [-0.05, 0) is 42.2 Å². The SMILES string of the molecule is CCCC(N)C(C)/C=C\OC(=O)/C(=C/c1ccc(OC)cc1)C(=O)OC. The predicted octanol–water partition coefficient (Wildman–Crippen LogP) is 3.07. The summed E-state index contributed by atoms with van der Waals surface area (Å²) in [6.07, 6.45) is 6.25. The van der Waals surface area contributed by atoms with E-state index in [1.165, 1.54) is 19.4 Å². The first-order chi connectivity index (χ1) is 12.4. The zero-order chi connectivity index (χ0) is 19.5. The van der Waals surface area contributed by atoms with Gasteiger partial charge in [0.05, 0.1) is 20.5 Å². The van der Waals surface area contributed by atoms with Gasteiger partial charge in [0, 0.05) is 6.04 Å². The molecule has 0 bridgehead atoms. The van der Waals surface area contributed by atoms with E-state index in [-0.39, 0.29) is 17.5 Å². The molecule has 0 spiro atoms. The Bertz CT molecular complexity index is 649. The van der Waals surface area contributed by atoms with Crippen molar-refractivity contribution in [3.63, 3.8) is 0 Å². The average Bonchev–Trinajstić information content (AvgIpc) is 2.65. The van der Waals surface area contributed by atoms with Crippen LogP contribution in [-0.2, 0) is 19.1 Å². The van der Waals surface area contributed by atoms with Gasteiger partial charge in [0.25, 0.3) is 0 Å². The lowest BCUT2D eigenvalue weighted by Crippen LogP contribution is -2.26. The van der Waals surface area contributed by atoms with Crippen LogP contribution in [0, 0.1) is 5.92 Å². The van der Waals surface area contributed by atoms with Crippen molar-refractivity contribution in [2.24, 2.45) is 11.7 Å². The van der Waals surface area contributed by atoms with Crippen LogP contribution in [0.25, 0.3) is 6.08 Å². The summed E-state index contributed by atoms with van der Waals surface area (Å²) in [5.74, 6) is -0.838. The average molecular weight is 361 g/mol. The normalized spacial score (nSPS) is 14.0. The van der Waals surface area contributed by atoms with E-state index in [0.29, 0.717) is 11.3 Å². The van der Waals surface area contributed by atoms with Crippen LogP contribution >= 0.6 is 0 Å². The third-order valence-corrected chi connectivity index (χ3v) is 3.91. The van der Waals surface area contributed by atoms with Gasteiger partial charge >= 0.3 is 11.9 Å². The summed E-state index contributed by atoms with van der Waals surface area (Å²) >= 11 is 0. The summed E-state index contributed by atoms with van der Waals surface area (Å²) in [4.78, 5) is 24.2. The van der Waals surface area contributed by atoms with E-state index in [4.69, 9.17) is 15.2 Å². The number of methoxy groups -OCH3 is 2. The second-order valence-electron chi connectivity index (χ2n) is 5.87. The third kappa shape index (κ3) is 6.72.